The summed E-state index contributed by atoms with van der Waals surface area (Å²) in [5.41, 5.74) is 0.237. The second kappa shape index (κ2) is 9.33. The number of carbonyl (C=O) groups excluding carboxylic acids is 1. The summed E-state index contributed by atoms with van der Waals surface area (Å²) in [6.45, 7) is 14.0. The molecule has 1 rings (SSSR count). The predicted molar refractivity (Wildman–Crippen MR) is 99.4 cm³/mol. The highest BCUT2D eigenvalue weighted by Gasteiger charge is 2.34. The molecule has 1 aromatic rings. The maximum absolute atomic E-state index is 13.4. The number of hydrogen-bond donors (Lipinski definition) is 2. The van der Waals surface area contributed by atoms with Gasteiger partial charge in [0.25, 0.3) is 5.91 Å². The van der Waals surface area contributed by atoms with E-state index in [0.717, 1.165) is 0 Å². The van der Waals surface area contributed by atoms with Crippen LogP contribution in [0, 0.1) is 5.82 Å². The van der Waals surface area contributed by atoms with Crippen molar-refractivity contribution in [3.8, 4) is 0 Å². The average Bonchev–Trinajstić information content (AvgIpc) is 2.47. The van der Waals surface area contributed by atoms with Gasteiger partial charge >= 0.3 is 7.48 Å². The molecule has 0 unspecified atom stereocenters. The summed E-state index contributed by atoms with van der Waals surface area (Å²) < 4.78 is 18.8. The highest BCUT2D eigenvalue weighted by Crippen LogP contribution is 2.30. The molecule has 23 heavy (non-hydrogen) atoms. The second-order valence-corrected chi connectivity index (χ2v) is 7.01. The minimum atomic E-state index is -0.553. The molecule has 3 nitrogen and oxygen atoms in total. The fraction of sp³-hybridized carbons (Fsp3) is 0.588. The first kappa shape index (κ1) is 22.0. The zero-order valence-corrected chi connectivity index (χ0v) is 16.1. The van der Waals surface area contributed by atoms with E-state index in [1.807, 2.05) is 48.5 Å². The summed E-state index contributed by atoms with van der Waals surface area (Å²) >= 11 is 4.51. The van der Waals surface area contributed by atoms with Crippen LogP contribution in [-0.2, 0) is 4.65 Å². The van der Waals surface area contributed by atoms with Gasteiger partial charge in [0.15, 0.2) is 0 Å². The predicted octanol–water partition coefficient (Wildman–Crippen LogP) is 3.35. The van der Waals surface area contributed by atoms with Crippen molar-refractivity contribution in [2.45, 2.75) is 58.8 Å². The lowest BCUT2D eigenvalue weighted by Gasteiger charge is -2.38. The summed E-state index contributed by atoms with van der Waals surface area (Å²) in [5, 5.41) is 2.66. The first-order valence-corrected chi connectivity index (χ1v) is 8.34. The van der Waals surface area contributed by atoms with Crippen LogP contribution >= 0.6 is 12.6 Å². The topological polar surface area (TPSA) is 38.3 Å². The number of thiol groups is 1. The van der Waals surface area contributed by atoms with Crippen molar-refractivity contribution in [3.63, 3.8) is 0 Å². The Kier molecular flexibility index (Phi) is 8.92. The molecule has 0 heterocycles. The molecule has 0 aromatic heterocycles. The van der Waals surface area contributed by atoms with Gasteiger partial charge in [0.1, 0.15) is 5.82 Å². The minimum absolute atomic E-state index is 0.254. The highest BCUT2D eigenvalue weighted by molar-refractivity contribution is 7.81. The van der Waals surface area contributed by atoms with E-state index in [0.29, 0.717) is 12.0 Å². The van der Waals surface area contributed by atoms with Gasteiger partial charge < -0.3 is 9.97 Å². The van der Waals surface area contributed by atoms with Crippen molar-refractivity contribution in [2.75, 3.05) is 6.54 Å². The Morgan fingerprint density at radius 1 is 1.30 bits per heavy atom. The van der Waals surface area contributed by atoms with Crippen molar-refractivity contribution in [1.29, 1.82) is 0 Å². The second-order valence-electron chi connectivity index (χ2n) is 5.90. The average molecular weight is 340 g/mol. The number of carbonyl (C=O) groups is 1. The van der Waals surface area contributed by atoms with E-state index in [4.69, 9.17) is 4.65 Å². The Balaban J connectivity index is 0.00000232. The molecule has 1 aromatic carbocycles. The Morgan fingerprint density at radius 3 is 2.35 bits per heavy atom. The summed E-state index contributed by atoms with van der Waals surface area (Å²) in [5.74, 6) is -0.781. The van der Waals surface area contributed by atoms with Crippen LogP contribution in [0.25, 0.3) is 0 Å². The van der Waals surface area contributed by atoms with Crippen molar-refractivity contribution >= 4 is 31.5 Å². The molecule has 0 spiro atoms. The van der Waals surface area contributed by atoms with Crippen molar-refractivity contribution < 1.29 is 13.8 Å². The van der Waals surface area contributed by atoms with Crippen molar-refractivity contribution in [1.82, 2.24) is 5.32 Å². The maximum Gasteiger partial charge on any atom is 0.331 e. The molecule has 0 aliphatic rings. The van der Waals surface area contributed by atoms with Gasteiger partial charge in [0.2, 0.25) is 0 Å². The molecule has 0 aliphatic carbocycles. The molecule has 0 fully saturated rings. The van der Waals surface area contributed by atoms with Gasteiger partial charge in [0, 0.05) is 16.9 Å². The molecule has 129 valence electrons. The molecule has 1 N–H and O–H groups in total. The van der Waals surface area contributed by atoms with Gasteiger partial charge in [-0.3, -0.25) is 4.79 Å². The lowest BCUT2D eigenvalue weighted by Crippen LogP contribution is -2.46. The molecule has 1 amide bonds. The van der Waals surface area contributed by atoms with Crippen LogP contribution < -0.4 is 10.8 Å². The highest BCUT2D eigenvalue weighted by atomic mass is 32.1. The largest absolute Gasteiger partial charge is 0.428 e. The smallest absolute Gasteiger partial charge is 0.331 e. The molecule has 1 radical (unpaired) electrons. The Bertz CT molecular complexity index is 516. The molecule has 6 heteroatoms. The summed E-state index contributed by atoms with van der Waals surface area (Å²) in [6.07, 6.45) is 0. The fourth-order valence-corrected chi connectivity index (χ4v) is 1.49. The van der Waals surface area contributed by atoms with Crippen LogP contribution in [0.5, 0.6) is 0 Å². The molecule has 0 saturated heterocycles. The van der Waals surface area contributed by atoms with E-state index < -0.39 is 11.4 Å². The van der Waals surface area contributed by atoms with E-state index in [1.54, 1.807) is 0 Å². The quantitative estimate of drug-likeness (QED) is 0.616. The van der Waals surface area contributed by atoms with E-state index in [2.05, 4.69) is 17.9 Å². The third-order valence-electron chi connectivity index (χ3n) is 3.55. The first-order valence-electron chi connectivity index (χ1n) is 7.89. The number of nitrogens with one attached hydrogen (secondary N) is 1. The first-order chi connectivity index (χ1) is 10.6. The zero-order chi connectivity index (χ0) is 18.3. The van der Waals surface area contributed by atoms with Gasteiger partial charge in [-0.05, 0) is 52.2 Å². The standard InChI is InChI=1S/C15H22BFNO2S.C2H6/c1-6-18-13(19)11-9-10(17)7-8-12(11)16-20-14(2,3)15(4,5)21;1-2/h7-9,21H,6H2,1-5H3,(H,18,19);1-2H3. The monoisotopic (exact) mass is 340 g/mol. The molecular formula is C17H28BFNO2S. The molecule has 0 saturated carbocycles. The number of benzene rings is 1. The van der Waals surface area contributed by atoms with Crippen molar-refractivity contribution in [2.24, 2.45) is 0 Å². The van der Waals surface area contributed by atoms with E-state index >= 15 is 0 Å². The summed E-state index contributed by atoms with van der Waals surface area (Å²) in [6, 6.07) is 4.04. The third kappa shape index (κ3) is 6.55. The van der Waals surface area contributed by atoms with Crippen LogP contribution in [0.15, 0.2) is 18.2 Å². The molecule has 0 bridgehead atoms. The zero-order valence-electron chi connectivity index (χ0n) is 15.2. The SMILES string of the molecule is CC.CCNC(=O)c1cc(F)ccc1[B]OC(C)(C)C(C)(C)S. The normalized spacial score (nSPS) is 11.3. The molecule has 0 atom stereocenters. The van der Waals surface area contributed by atoms with Crippen LogP contribution in [0.4, 0.5) is 4.39 Å². The Hall–Kier alpha value is -1.01. The van der Waals surface area contributed by atoms with Gasteiger partial charge in [-0.2, -0.15) is 12.6 Å². The van der Waals surface area contributed by atoms with Gasteiger partial charge in [-0.15, -0.1) is 0 Å². The number of amides is 1. The lowest BCUT2D eigenvalue weighted by molar-refractivity contribution is 0.0851. The summed E-state index contributed by atoms with van der Waals surface area (Å²) in [4.78, 5) is 12.0. The minimum Gasteiger partial charge on any atom is -0.428 e. The van der Waals surface area contributed by atoms with Gasteiger partial charge in [-0.1, -0.05) is 19.9 Å². The van der Waals surface area contributed by atoms with E-state index in [9.17, 15) is 9.18 Å². The Morgan fingerprint density at radius 2 is 1.87 bits per heavy atom. The number of hydrogen-bond acceptors (Lipinski definition) is 3. The van der Waals surface area contributed by atoms with E-state index in [-0.39, 0.29) is 16.2 Å². The molecular weight excluding hydrogens is 312 g/mol. The third-order valence-corrected chi connectivity index (χ3v) is 4.09. The molecule has 0 aliphatic heterocycles. The number of halogens is 1. The van der Waals surface area contributed by atoms with Crippen LogP contribution in [0.2, 0.25) is 0 Å². The maximum atomic E-state index is 13.4. The van der Waals surface area contributed by atoms with Crippen LogP contribution in [-0.4, -0.2) is 30.3 Å². The fourth-order valence-electron chi connectivity index (χ4n) is 1.44. The lowest BCUT2D eigenvalue weighted by atomic mass is 9.81. The summed E-state index contributed by atoms with van der Waals surface area (Å²) in [7, 11) is 1.49. The van der Waals surface area contributed by atoms with Crippen LogP contribution in [0.3, 0.4) is 0 Å². The van der Waals surface area contributed by atoms with Crippen molar-refractivity contribution in [3.05, 3.63) is 29.6 Å². The van der Waals surface area contributed by atoms with Gasteiger partial charge in [-0.25, -0.2) is 4.39 Å². The number of rotatable bonds is 6. The van der Waals surface area contributed by atoms with E-state index in [1.165, 1.54) is 25.7 Å². The Labute approximate surface area is 146 Å². The van der Waals surface area contributed by atoms with Crippen LogP contribution in [0.1, 0.15) is 58.8 Å². The van der Waals surface area contributed by atoms with Gasteiger partial charge in [0.05, 0.1) is 5.60 Å².